The van der Waals surface area contributed by atoms with Crippen molar-refractivity contribution in [1.82, 2.24) is 4.90 Å². The second-order valence-electron chi connectivity index (χ2n) is 6.37. The van der Waals surface area contributed by atoms with Crippen molar-refractivity contribution in [3.63, 3.8) is 0 Å². The van der Waals surface area contributed by atoms with Crippen molar-refractivity contribution in [2.24, 2.45) is 17.6 Å². The molecule has 0 aliphatic heterocycles. The molecule has 2 aliphatic carbocycles. The third-order valence-corrected chi connectivity index (χ3v) is 4.63. The van der Waals surface area contributed by atoms with E-state index in [9.17, 15) is 4.79 Å². The Balaban J connectivity index is 2.00. The van der Waals surface area contributed by atoms with Crippen LogP contribution in [0.5, 0.6) is 0 Å². The summed E-state index contributed by atoms with van der Waals surface area (Å²) >= 11 is 0. The van der Waals surface area contributed by atoms with E-state index in [4.69, 9.17) is 5.73 Å². The lowest BCUT2D eigenvalue weighted by atomic mass is 9.92. The maximum atomic E-state index is 12.6. The Labute approximate surface area is 111 Å². The number of nitrogens with zero attached hydrogens (tertiary/aromatic N) is 1. The van der Waals surface area contributed by atoms with E-state index in [1.807, 2.05) is 13.8 Å². The van der Waals surface area contributed by atoms with Crippen molar-refractivity contribution in [3.05, 3.63) is 0 Å². The number of nitrogens with two attached hydrogens (primary N) is 1. The molecule has 0 spiro atoms. The zero-order valence-corrected chi connectivity index (χ0v) is 11.9. The summed E-state index contributed by atoms with van der Waals surface area (Å²) in [6, 6.07) is 0.454. The smallest absolute Gasteiger partial charge is 0.227 e. The van der Waals surface area contributed by atoms with Gasteiger partial charge in [-0.3, -0.25) is 4.79 Å². The van der Waals surface area contributed by atoms with Crippen molar-refractivity contribution in [2.45, 2.75) is 70.9 Å². The fourth-order valence-electron chi connectivity index (χ4n) is 2.88. The van der Waals surface area contributed by atoms with Crippen molar-refractivity contribution in [3.8, 4) is 0 Å². The zero-order valence-electron chi connectivity index (χ0n) is 11.9. The van der Waals surface area contributed by atoms with Crippen molar-refractivity contribution >= 4 is 5.91 Å². The van der Waals surface area contributed by atoms with Crippen LogP contribution >= 0.6 is 0 Å². The van der Waals surface area contributed by atoms with E-state index in [1.54, 1.807) is 0 Å². The average Bonchev–Trinajstić information content (AvgIpc) is 3.19. The molecule has 2 aliphatic rings. The highest BCUT2D eigenvalue weighted by Crippen LogP contribution is 2.33. The molecule has 1 amide bonds. The molecule has 0 aromatic rings. The molecule has 3 nitrogen and oxygen atoms in total. The van der Waals surface area contributed by atoms with Crippen LogP contribution in [-0.2, 0) is 4.79 Å². The lowest BCUT2D eigenvalue weighted by molar-refractivity contribution is -0.138. The van der Waals surface area contributed by atoms with Crippen LogP contribution in [0.1, 0.15) is 58.8 Å². The third kappa shape index (κ3) is 3.47. The molecule has 0 radical (unpaired) electrons. The lowest BCUT2D eigenvalue weighted by Crippen LogP contribution is -2.48. The molecule has 2 atom stereocenters. The lowest BCUT2D eigenvalue weighted by Gasteiger charge is -2.37. The van der Waals surface area contributed by atoms with Crippen LogP contribution in [0.2, 0.25) is 0 Å². The van der Waals surface area contributed by atoms with Crippen LogP contribution in [0.3, 0.4) is 0 Å². The highest BCUT2D eigenvalue weighted by atomic mass is 16.2. The van der Waals surface area contributed by atoms with Gasteiger partial charge in [0.05, 0.1) is 5.92 Å². The minimum Gasteiger partial charge on any atom is -0.339 e. The van der Waals surface area contributed by atoms with Crippen LogP contribution in [0.15, 0.2) is 0 Å². The summed E-state index contributed by atoms with van der Waals surface area (Å²) < 4.78 is 0. The number of amides is 1. The van der Waals surface area contributed by atoms with Gasteiger partial charge in [0.1, 0.15) is 0 Å². The molecule has 18 heavy (non-hydrogen) atoms. The van der Waals surface area contributed by atoms with Gasteiger partial charge >= 0.3 is 0 Å². The average molecular weight is 252 g/mol. The molecule has 2 fully saturated rings. The molecule has 0 bridgehead atoms. The molecule has 104 valence electrons. The van der Waals surface area contributed by atoms with Crippen molar-refractivity contribution in [1.29, 1.82) is 0 Å². The topological polar surface area (TPSA) is 46.3 Å². The van der Waals surface area contributed by atoms with Crippen LogP contribution in [0.4, 0.5) is 0 Å². The minimum atomic E-state index is -0.0391. The fourth-order valence-corrected chi connectivity index (χ4v) is 2.88. The Morgan fingerprint density at radius 2 is 1.78 bits per heavy atom. The number of hydrogen-bond donors (Lipinski definition) is 1. The molecule has 3 heteroatoms. The Bertz CT molecular complexity index is 280. The quantitative estimate of drug-likeness (QED) is 0.817. The fraction of sp³-hybridized carbons (Fsp3) is 0.933. The number of carbonyl (C=O) groups is 1. The van der Waals surface area contributed by atoms with Gasteiger partial charge in [0.2, 0.25) is 5.91 Å². The van der Waals surface area contributed by atoms with Gasteiger partial charge in [0, 0.05) is 18.6 Å². The Kier molecular flexibility index (Phi) is 4.66. The normalized spacial score (nSPS) is 24.6. The van der Waals surface area contributed by atoms with E-state index in [0.717, 1.165) is 12.5 Å². The van der Waals surface area contributed by atoms with E-state index >= 15 is 0 Å². The first-order chi connectivity index (χ1) is 8.59. The van der Waals surface area contributed by atoms with E-state index in [-0.39, 0.29) is 12.0 Å². The summed E-state index contributed by atoms with van der Waals surface area (Å²) in [7, 11) is 0. The largest absolute Gasteiger partial charge is 0.339 e. The minimum absolute atomic E-state index is 0.0364. The molecule has 2 N–H and O–H groups in total. The van der Waals surface area contributed by atoms with Gasteiger partial charge in [-0.15, -0.1) is 0 Å². The first-order valence-electron chi connectivity index (χ1n) is 7.65. The second kappa shape index (κ2) is 6.05. The summed E-state index contributed by atoms with van der Waals surface area (Å²) in [4.78, 5) is 14.8. The van der Waals surface area contributed by atoms with Gasteiger partial charge in [0.25, 0.3) is 0 Å². The number of hydrogen-bond acceptors (Lipinski definition) is 2. The molecule has 0 heterocycles. The molecular weight excluding hydrogens is 224 g/mol. The predicted molar refractivity (Wildman–Crippen MR) is 74.1 cm³/mol. The first kappa shape index (κ1) is 13.9. The summed E-state index contributed by atoms with van der Waals surface area (Å²) in [5.41, 5.74) is 5.90. The molecule has 2 unspecified atom stereocenters. The van der Waals surface area contributed by atoms with Crippen LogP contribution in [0.25, 0.3) is 0 Å². The Morgan fingerprint density at radius 1 is 1.17 bits per heavy atom. The summed E-state index contributed by atoms with van der Waals surface area (Å²) in [5.74, 6) is 1.03. The van der Waals surface area contributed by atoms with E-state index in [0.29, 0.717) is 11.9 Å². The van der Waals surface area contributed by atoms with Gasteiger partial charge < -0.3 is 10.6 Å². The van der Waals surface area contributed by atoms with Gasteiger partial charge in [-0.25, -0.2) is 0 Å². The van der Waals surface area contributed by atoms with Crippen LogP contribution in [-0.4, -0.2) is 29.4 Å². The van der Waals surface area contributed by atoms with Crippen molar-refractivity contribution < 1.29 is 4.79 Å². The standard InChI is InChI=1S/C15H28N2O/c1-11(12(2)16)15(18)17(10-13-8-9-13)14-6-4-3-5-7-14/h11-14H,3-10,16H2,1-2H3. The van der Waals surface area contributed by atoms with E-state index in [2.05, 4.69) is 4.90 Å². The van der Waals surface area contributed by atoms with Gasteiger partial charge in [-0.05, 0) is 38.5 Å². The predicted octanol–water partition coefficient (Wildman–Crippen LogP) is 2.54. The van der Waals surface area contributed by atoms with Gasteiger partial charge in [0.15, 0.2) is 0 Å². The molecule has 0 saturated heterocycles. The highest BCUT2D eigenvalue weighted by Gasteiger charge is 2.34. The SMILES string of the molecule is CC(N)C(C)C(=O)N(CC1CC1)C1CCCCC1. The van der Waals surface area contributed by atoms with Gasteiger partial charge in [-0.1, -0.05) is 26.2 Å². The third-order valence-electron chi connectivity index (χ3n) is 4.63. The van der Waals surface area contributed by atoms with Gasteiger partial charge in [-0.2, -0.15) is 0 Å². The zero-order chi connectivity index (χ0) is 13.1. The van der Waals surface area contributed by atoms with Crippen LogP contribution in [0, 0.1) is 11.8 Å². The van der Waals surface area contributed by atoms with E-state index < -0.39 is 0 Å². The molecule has 0 aromatic heterocycles. The van der Waals surface area contributed by atoms with Crippen molar-refractivity contribution in [2.75, 3.05) is 6.54 Å². The second-order valence-corrected chi connectivity index (χ2v) is 6.37. The summed E-state index contributed by atoms with van der Waals surface area (Å²) in [6.07, 6.45) is 8.92. The Morgan fingerprint density at radius 3 is 2.28 bits per heavy atom. The highest BCUT2D eigenvalue weighted by molar-refractivity contribution is 5.79. The summed E-state index contributed by atoms with van der Waals surface area (Å²) in [6.45, 7) is 4.91. The molecule has 2 rings (SSSR count). The maximum Gasteiger partial charge on any atom is 0.227 e. The van der Waals surface area contributed by atoms with E-state index in [1.165, 1.54) is 44.9 Å². The number of carbonyl (C=O) groups excluding carboxylic acids is 1. The first-order valence-corrected chi connectivity index (χ1v) is 7.65. The van der Waals surface area contributed by atoms with Crippen LogP contribution < -0.4 is 5.73 Å². The molecule has 0 aromatic carbocycles. The monoisotopic (exact) mass is 252 g/mol. The molecule has 2 saturated carbocycles. The number of rotatable bonds is 5. The Hall–Kier alpha value is -0.570. The summed E-state index contributed by atoms with van der Waals surface area (Å²) in [5, 5.41) is 0. The molecular formula is C15H28N2O. The maximum absolute atomic E-state index is 12.6.